The minimum Gasteiger partial charge on any atom is -0.464 e. The molecule has 0 aromatic rings. The summed E-state index contributed by atoms with van der Waals surface area (Å²) in [4.78, 5) is 21.6. The van der Waals surface area contributed by atoms with Gasteiger partial charge in [0.1, 0.15) is 6.61 Å². The number of ether oxygens (including phenoxy) is 1. The molecule has 0 saturated carbocycles. The largest absolute Gasteiger partial charge is 0.464 e. The lowest BCUT2D eigenvalue weighted by atomic mass is 10.5. The number of hydrogen-bond acceptors (Lipinski definition) is 3. The van der Waals surface area contributed by atoms with E-state index in [0.29, 0.717) is 19.5 Å². The van der Waals surface area contributed by atoms with Crippen LogP contribution in [0.3, 0.4) is 0 Å². The third-order valence-electron chi connectivity index (χ3n) is 1.47. The standard InChI is InChI=1S/C9H18N2O3/c1-3-5-10-9(13)11-6-7-14-8(12)4-2/h3-7H2,1-2H3,(H2,10,11,13). The van der Waals surface area contributed by atoms with Crippen LogP contribution >= 0.6 is 0 Å². The highest BCUT2D eigenvalue weighted by molar-refractivity contribution is 5.73. The highest BCUT2D eigenvalue weighted by atomic mass is 16.5. The topological polar surface area (TPSA) is 67.4 Å². The quantitative estimate of drug-likeness (QED) is 0.491. The van der Waals surface area contributed by atoms with Crippen LogP contribution in [0, 0.1) is 0 Å². The highest BCUT2D eigenvalue weighted by Crippen LogP contribution is 1.82. The second-order valence-electron chi connectivity index (χ2n) is 2.76. The van der Waals surface area contributed by atoms with Crippen LogP contribution in [0.15, 0.2) is 0 Å². The summed E-state index contributed by atoms with van der Waals surface area (Å²) in [6.45, 7) is 4.93. The predicted molar refractivity (Wildman–Crippen MR) is 52.9 cm³/mol. The molecule has 2 amide bonds. The Morgan fingerprint density at radius 1 is 1.14 bits per heavy atom. The molecule has 5 nitrogen and oxygen atoms in total. The van der Waals surface area contributed by atoms with Gasteiger partial charge in [-0.05, 0) is 6.42 Å². The Morgan fingerprint density at radius 2 is 1.79 bits per heavy atom. The fourth-order valence-corrected chi connectivity index (χ4v) is 0.733. The SMILES string of the molecule is CCCNC(=O)NCCOC(=O)CC. The minimum absolute atomic E-state index is 0.223. The zero-order valence-corrected chi connectivity index (χ0v) is 8.76. The van der Waals surface area contributed by atoms with E-state index >= 15 is 0 Å². The first-order valence-corrected chi connectivity index (χ1v) is 4.88. The molecule has 0 heterocycles. The lowest BCUT2D eigenvalue weighted by molar-refractivity contribution is -0.143. The van der Waals surface area contributed by atoms with Crippen molar-refractivity contribution < 1.29 is 14.3 Å². The van der Waals surface area contributed by atoms with Gasteiger partial charge >= 0.3 is 12.0 Å². The van der Waals surface area contributed by atoms with E-state index in [4.69, 9.17) is 4.74 Å². The van der Waals surface area contributed by atoms with E-state index in [1.807, 2.05) is 6.92 Å². The minimum atomic E-state index is -0.249. The summed E-state index contributed by atoms with van der Waals surface area (Å²) in [5, 5.41) is 5.21. The van der Waals surface area contributed by atoms with Crippen molar-refractivity contribution in [1.29, 1.82) is 0 Å². The van der Waals surface area contributed by atoms with Crippen LogP contribution in [-0.2, 0) is 9.53 Å². The van der Waals surface area contributed by atoms with Gasteiger partial charge in [-0.2, -0.15) is 0 Å². The molecule has 0 radical (unpaired) electrons. The average Bonchev–Trinajstić information content (AvgIpc) is 2.21. The number of urea groups is 1. The van der Waals surface area contributed by atoms with E-state index in [1.165, 1.54) is 0 Å². The number of carbonyl (C=O) groups excluding carboxylic acids is 2. The molecule has 0 aromatic carbocycles. The van der Waals surface area contributed by atoms with Crippen molar-refractivity contribution in [2.45, 2.75) is 26.7 Å². The van der Waals surface area contributed by atoms with Gasteiger partial charge in [0.2, 0.25) is 0 Å². The number of carbonyl (C=O) groups is 2. The molecular formula is C9H18N2O3. The van der Waals surface area contributed by atoms with Crippen molar-refractivity contribution in [3.8, 4) is 0 Å². The molecule has 0 fully saturated rings. The maximum Gasteiger partial charge on any atom is 0.314 e. The van der Waals surface area contributed by atoms with Crippen molar-refractivity contribution in [3.63, 3.8) is 0 Å². The molecular weight excluding hydrogens is 184 g/mol. The van der Waals surface area contributed by atoms with Crippen molar-refractivity contribution in [3.05, 3.63) is 0 Å². The molecule has 0 aliphatic rings. The Bertz CT molecular complexity index is 183. The summed E-state index contributed by atoms with van der Waals surface area (Å²) < 4.78 is 4.76. The average molecular weight is 202 g/mol. The van der Waals surface area contributed by atoms with Gasteiger partial charge in [0.15, 0.2) is 0 Å². The lowest BCUT2D eigenvalue weighted by Crippen LogP contribution is -2.37. The van der Waals surface area contributed by atoms with Crippen LogP contribution in [-0.4, -0.2) is 31.7 Å². The Morgan fingerprint density at radius 3 is 2.36 bits per heavy atom. The molecule has 0 saturated heterocycles. The summed E-state index contributed by atoms with van der Waals surface area (Å²) in [6.07, 6.45) is 1.26. The van der Waals surface area contributed by atoms with E-state index < -0.39 is 0 Å². The van der Waals surface area contributed by atoms with Crippen molar-refractivity contribution >= 4 is 12.0 Å². The Balaban J connectivity index is 3.27. The van der Waals surface area contributed by atoms with Gasteiger partial charge in [-0.25, -0.2) is 4.79 Å². The number of esters is 1. The van der Waals surface area contributed by atoms with Gasteiger partial charge in [0, 0.05) is 13.0 Å². The molecule has 2 N–H and O–H groups in total. The maximum absolute atomic E-state index is 11.0. The van der Waals surface area contributed by atoms with Crippen LogP contribution in [0.1, 0.15) is 26.7 Å². The van der Waals surface area contributed by atoms with Crippen LogP contribution in [0.25, 0.3) is 0 Å². The third-order valence-corrected chi connectivity index (χ3v) is 1.47. The molecule has 0 aromatic heterocycles. The fourth-order valence-electron chi connectivity index (χ4n) is 0.733. The Kier molecular flexibility index (Phi) is 7.59. The van der Waals surface area contributed by atoms with Gasteiger partial charge in [-0.1, -0.05) is 13.8 Å². The van der Waals surface area contributed by atoms with Gasteiger partial charge in [0.25, 0.3) is 0 Å². The predicted octanol–water partition coefficient (Wildman–Crippen LogP) is 0.649. The second-order valence-corrected chi connectivity index (χ2v) is 2.76. The molecule has 0 bridgehead atoms. The second kappa shape index (κ2) is 8.34. The van der Waals surface area contributed by atoms with Crippen molar-refractivity contribution in [2.24, 2.45) is 0 Å². The first kappa shape index (κ1) is 12.7. The molecule has 0 spiro atoms. The third kappa shape index (κ3) is 7.39. The fraction of sp³-hybridized carbons (Fsp3) is 0.778. The molecule has 0 atom stereocenters. The molecule has 14 heavy (non-hydrogen) atoms. The molecule has 5 heteroatoms. The van der Waals surface area contributed by atoms with Crippen LogP contribution in [0.5, 0.6) is 0 Å². The zero-order valence-electron chi connectivity index (χ0n) is 8.76. The summed E-state index contributed by atoms with van der Waals surface area (Å²) in [7, 11) is 0. The van der Waals surface area contributed by atoms with Gasteiger partial charge in [0.05, 0.1) is 6.54 Å². The first-order valence-electron chi connectivity index (χ1n) is 4.88. The van der Waals surface area contributed by atoms with Gasteiger partial charge < -0.3 is 15.4 Å². The van der Waals surface area contributed by atoms with E-state index in [1.54, 1.807) is 6.92 Å². The van der Waals surface area contributed by atoms with Crippen LogP contribution < -0.4 is 10.6 Å². The van der Waals surface area contributed by atoms with Gasteiger partial charge in [-0.15, -0.1) is 0 Å². The maximum atomic E-state index is 11.0. The summed E-state index contributed by atoms with van der Waals surface area (Å²) >= 11 is 0. The molecule has 0 rings (SSSR count). The number of rotatable bonds is 6. The van der Waals surface area contributed by atoms with E-state index in [2.05, 4.69) is 10.6 Å². The monoisotopic (exact) mass is 202 g/mol. The number of amides is 2. The van der Waals surface area contributed by atoms with E-state index in [-0.39, 0.29) is 18.6 Å². The Labute approximate surface area is 84.2 Å². The van der Waals surface area contributed by atoms with Crippen LogP contribution in [0.4, 0.5) is 4.79 Å². The smallest absolute Gasteiger partial charge is 0.314 e. The van der Waals surface area contributed by atoms with Crippen LogP contribution in [0.2, 0.25) is 0 Å². The molecule has 82 valence electrons. The van der Waals surface area contributed by atoms with Crippen molar-refractivity contribution in [2.75, 3.05) is 19.7 Å². The van der Waals surface area contributed by atoms with E-state index in [0.717, 1.165) is 6.42 Å². The summed E-state index contributed by atoms with van der Waals surface area (Å²) in [6, 6.07) is -0.223. The molecule has 0 aliphatic heterocycles. The summed E-state index contributed by atoms with van der Waals surface area (Å²) in [5.74, 6) is -0.249. The molecule has 0 aliphatic carbocycles. The van der Waals surface area contributed by atoms with E-state index in [9.17, 15) is 9.59 Å². The van der Waals surface area contributed by atoms with Crippen molar-refractivity contribution in [1.82, 2.24) is 10.6 Å². The summed E-state index contributed by atoms with van der Waals surface area (Å²) in [5.41, 5.74) is 0. The highest BCUT2D eigenvalue weighted by Gasteiger charge is 1.99. The first-order chi connectivity index (χ1) is 6.70. The normalized spacial score (nSPS) is 9.29. The van der Waals surface area contributed by atoms with Gasteiger partial charge in [-0.3, -0.25) is 4.79 Å². The molecule has 0 unspecified atom stereocenters. The Hall–Kier alpha value is -1.26. The lowest BCUT2D eigenvalue weighted by Gasteiger charge is -2.06. The number of nitrogens with one attached hydrogen (secondary N) is 2. The number of hydrogen-bond donors (Lipinski definition) is 2. The zero-order chi connectivity index (χ0) is 10.8.